The normalized spacial score (nSPS) is 12.9. The van der Waals surface area contributed by atoms with Crippen LogP contribution in [0.2, 0.25) is 0 Å². The van der Waals surface area contributed by atoms with Crippen molar-refractivity contribution in [2.45, 2.75) is 0 Å². The van der Waals surface area contributed by atoms with E-state index in [-0.39, 0.29) is 0 Å². The molecule has 0 saturated heterocycles. The van der Waals surface area contributed by atoms with Crippen LogP contribution in [0, 0.1) is 0 Å². The van der Waals surface area contributed by atoms with Crippen molar-refractivity contribution in [2.75, 3.05) is 0 Å². The van der Waals surface area contributed by atoms with Gasteiger partial charge in [0.2, 0.25) is 0 Å². The van der Waals surface area contributed by atoms with Crippen LogP contribution >= 0.6 is 12.6 Å². The molecule has 0 amide bonds. The maximum absolute atomic E-state index is 4.53. The molecule has 0 N–H and O–H groups in total. The van der Waals surface area contributed by atoms with Crippen LogP contribution in [0.15, 0.2) is 121 Å². The van der Waals surface area contributed by atoms with Gasteiger partial charge in [-0.05, 0) is 0 Å². The van der Waals surface area contributed by atoms with Gasteiger partial charge in [-0.1, -0.05) is 0 Å². The van der Waals surface area contributed by atoms with Crippen LogP contribution in [0.3, 0.4) is 0 Å². The fourth-order valence-electron chi connectivity index (χ4n) is 3.73. The summed E-state index contributed by atoms with van der Waals surface area (Å²) in [5.41, 5.74) is 0. The van der Waals surface area contributed by atoms with E-state index in [4.69, 9.17) is 0 Å². The van der Waals surface area contributed by atoms with Gasteiger partial charge in [0.25, 0.3) is 0 Å². The van der Waals surface area contributed by atoms with Crippen molar-refractivity contribution in [3.05, 3.63) is 121 Å². The standard InChI is InChI=1S/4C6H5.BrH.Sb/c4*1-2-4-6-5-3-1;;/h4*1-5H;1H;/q;;;;;+1/p-1. The second-order valence-corrected chi connectivity index (χ2v) is 27.5. The molecule has 0 bridgehead atoms. The third-order valence-corrected chi connectivity index (χ3v) is 30.4. The Balaban J connectivity index is 2.23. The Morgan fingerprint density at radius 3 is 0.731 bits per heavy atom. The Bertz CT molecular complexity index is 814. The van der Waals surface area contributed by atoms with E-state index in [1.165, 1.54) is 14.0 Å². The number of rotatable bonds is 4. The first-order valence-electron chi connectivity index (χ1n) is 8.71. The van der Waals surface area contributed by atoms with Gasteiger partial charge < -0.3 is 0 Å². The summed E-state index contributed by atoms with van der Waals surface area (Å²) >= 11 is 0.443. The van der Waals surface area contributed by atoms with Crippen molar-refractivity contribution in [3.8, 4) is 0 Å². The monoisotopic (exact) mass is 508 g/mol. The van der Waals surface area contributed by atoms with Crippen LogP contribution in [0.25, 0.3) is 0 Å². The number of hydrogen-bond acceptors (Lipinski definition) is 0. The zero-order valence-electron chi connectivity index (χ0n) is 14.4. The molecule has 4 aromatic rings. The van der Waals surface area contributed by atoms with Gasteiger partial charge in [0, 0.05) is 0 Å². The van der Waals surface area contributed by atoms with E-state index in [1.54, 1.807) is 0 Å². The molecule has 0 unspecified atom stereocenters. The van der Waals surface area contributed by atoms with E-state index in [0.717, 1.165) is 0 Å². The molecule has 0 nitrogen and oxygen atoms in total. The Kier molecular flexibility index (Phi) is 4.78. The van der Waals surface area contributed by atoms with Gasteiger partial charge >= 0.3 is 163 Å². The summed E-state index contributed by atoms with van der Waals surface area (Å²) in [4.78, 5) is 0. The third kappa shape index (κ3) is 2.57. The molecule has 128 valence electrons. The van der Waals surface area contributed by atoms with Crippen molar-refractivity contribution in [1.82, 2.24) is 0 Å². The summed E-state index contributed by atoms with van der Waals surface area (Å²) < 4.78 is 5.51. The first-order chi connectivity index (χ1) is 12.7. The maximum atomic E-state index is 4.53. The van der Waals surface area contributed by atoms with Gasteiger partial charge in [0.1, 0.15) is 0 Å². The minimum atomic E-state index is -4.08. The molecule has 0 atom stereocenters. The molecule has 4 aromatic carbocycles. The molecule has 0 spiro atoms. The van der Waals surface area contributed by atoms with Crippen molar-refractivity contribution >= 4 is 41.8 Å². The van der Waals surface area contributed by atoms with Gasteiger partial charge in [-0.15, -0.1) is 0 Å². The van der Waals surface area contributed by atoms with Gasteiger partial charge in [-0.3, -0.25) is 0 Å². The molecule has 0 radical (unpaired) electrons. The van der Waals surface area contributed by atoms with Crippen LogP contribution in [-0.4, -0.2) is 15.1 Å². The Labute approximate surface area is 162 Å². The quantitative estimate of drug-likeness (QED) is 0.366. The zero-order chi connectivity index (χ0) is 17.9. The van der Waals surface area contributed by atoms with Crippen molar-refractivity contribution in [1.29, 1.82) is 0 Å². The topological polar surface area (TPSA) is 0 Å². The van der Waals surface area contributed by atoms with Crippen LogP contribution in [0.1, 0.15) is 0 Å². The van der Waals surface area contributed by atoms with Crippen LogP contribution in [0.5, 0.6) is 0 Å². The van der Waals surface area contributed by atoms with Crippen molar-refractivity contribution in [2.24, 2.45) is 0 Å². The fourth-order valence-corrected chi connectivity index (χ4v) is 23.5. The molecule has 4 rings (SSSR count). The summed E-state index contributed by atoms with van der Waals surface area (Å²) in [5.74, 6) is 0. The number of hydrogen-bond donors (Lipinski definition) is 0. The van der Waals surface area contributed by atoms with Crippen molar-refractivity contribution < 1.29 is 0 Å². The summed E-state index contributed by atoms with van der Waals surface area (Å²) in [7, 11) is 0. The molecule has 0 heterocycles. The Morgan fingerprint density at radius 2 is 0.538 bits per heavy atom. The minimum absolute atomic E-state index is 1.38. The van der Waals surface area contributed by atoms with E-state index >= 15 is 0 Å². The summed E-state index contributed by atoms with van der Waals surface area (Å²) in [6.45, 7) is 0. The third-order valence-electron chi connectivity index (χ3n) is 4.96. The Morgan fingerprint density at radius 1 is 0.346 bits per heavy atom. The van der Waals surface area contributed by atoms with Crippen LogP contribution in [0.4, 0.5) is 0 Å². The molecule has 2 heteroatoms. The Hall–Kier alpha value is -1.82. The van der Waals surface area contributed by atoms with Crippen molar-refractivity contribution in [3.63, 3.8) is 0 Å². The molecule has 0 saturated carbocycles. The van der Waals surface area contributed by atoms with Gasteiger partial charge in [-0.25, -0.2) is 0 Å². The van der Waals surface area contributed by atoms with Crippen LogP contribution < -0.4 is 14.0 Å². The number of benzene rings is 4. The first-order valence-corrected chi connectivity index (χ1v) is 19.5. The van der Waals surface area contributed by atoms with E-state index in [2.05, 4.69) is 134 Å². The van der Waals surface area contributed by atoms with E-state index < -0.39 is 15.1 Å². The molecule has 0 aliphatic rings. The average molecular weight is 510 g/mol. The van der Waals surface area contributed by atoms with Gasteiger partial charge in [-0.2, -0.15) is 0 Å². The molecule has 26 heavy (non-hydrogen) atoms. The molecule has 0 aliphatic heterocycles. The van der Waals surface area contributed by atoms with E-state index in [9.17, 15) is 0 Å². The summed E-state index contributed by atoms with van der Waals surface area (Å²) in [5, 5.41) is 0. The number of halogens is 1. The molecule has 0 fully saturated rings. The van der Waals surface area contributed by atoms with Gasteiger partial charge in [0.05, 0.1) is 0 Å². The molecule has 0 aromatic heterocycles. The van der Waals surface area contributed by atoms with E-state index in [0.29, 0.717) is 0 Å². The first kappa shape index (κ1) is 17.6. The predicted octanol–water partition coefficient (Wildman–Crippen LogP) is 3.91. The summed E-state index contributed by atoms with van der Waals surface area (Å²) in [6.07, 6.45) is 0. The SMILES string of the molecule is [Br][Sb]([c]1ccccc1)([c]1ccccc1)([c]1ccccc1)[c]1ccccc1. The predicted molar refractivity (Wildman–Crippen MR) is 119 cm³/mol. The van der Waals surface area contributed by atoms with Crippen LogP contribution in [-0.2, 0) is 0 Å². The fraction of sp³-hybridized carbons (Fsp3) is 0. The molecular formula is C24H20BrSb. The second-order valence-electron chi connectivity index (χ2n) is 6.35. The average Bonchev–Trinajstić information content (AvgIpc) is 2.76. The summed E-state index contributed by atoms with van der Waals surface area (Å²) in [6, 6.07) is 43.8. The van der Waals surface area contributed by atoms with E-state index in [1.807, 2.05) is 0 Å². The van der Waals surface area contributed by atoms with Gasteiger partial charge in [0.15, 0.2) is 0 Å². The molecular weight excluding hydrogens is 490 g/mol. The second kappa shape index (κ2) is 7.06. The zero-order valence-corrected chi connectivity index (χ0v) is 18.5. The molecule has 0 aliphatic carbocycles.